The lowest BCUT2D eigenvalue weighted by Crippen LogP contribution is -2.18. The molecule has 0 aliphatic rings. The van der Waals surface area contributed by atoms with Gasteiger partial charge in [0.2, 0.25) is 0 Å². The minimum atomic E-state index is -2.97. The number of pyridine rings is 1. The summed E-state index contributed by atoms with van der Waals surface area (Å²) in [6.07, 6.45) is -3.39. The molecule has 0 aromatic carbocycles. The summed E-state index contributed by atoms with van der Waals surface area (Å²) in [4.78, 5) is 24.2. The zero-order chi connectivity index (χ0) is 12.3. The Labute approximate surface area is 94.2 Å². The minimum absolute atomic E-state index is 0.103. The molecule has 0 radical (unpaired) electrons. The van der Waals surface area contributed by atoms with Crippen molar-refractivity contribution in [2.24, 2.45) is 0 Å². The van der Waals surface area contributed by atoms with Crippen LogP contribution in [0.4, 0.5) is 8.78 Å². The summed E-state index contributed by atoms with van der Waals surface area (Å²) in [5, 5.41) is -0.103. The van der Waals surface area contributed by atoms with Gasteiger partial charge in [0.25, 0.3) is 12.0 Å². The van der Waals surface area contributed by atoms with Gasteiger partial charge in [0.15, 0.2) is 0 Å². The van der Waals surface area contributed by atoms with Gasteiger partial charge >= 0.3 is 5.97 Å². The number of esters is 1. The first kappa shape index (κ1) is 12.6. The normalized spacial score (nSPS) is 10.6. The first-order chi connectivity index (χ1) is 7.45. The molecule has 0 spiro atoms. The molecule has 88 valence electrons. The van der Waals surface area contributed by atoms with Crippen molar-refractivity contribution in [2.45, 2.75) is 12.8 Å². The average molecular weight is 252 g/mol. The third kappa shape index (κ3) is 2.79. The van der Waals surface area contributed by atoms with Gasteiger partial charge in [-0.3, -0.25) is 9.59 Å². The van der Waals surface area contributed by atoms with Crippen LogP contribution in [0.1, 0.15) is 17.6 Å². The molecule has 0 fully saturated rings. The molecule has 0 atom stereocenters. The van der Waals surface area contributed by atoms with E-state index >= 15 is 0 Å². The van der Waals surface area contributed by atoms with Gasteiger partial charge in [0.05, 0.1) is 19.1 Å². The Bertz CT molecular complexity index is 459. The number of carbonyl (C=O) groups is 1. The lowest BCUT2D eigenvalue weighted by Gasteiger charge is -2.07. The van der Waals surface area contributed by atoms with E-state index in [1.807, 2.05) is 4.98 Å². The quantitative estimate of drug-likeness (QED) is 0.657. The van der Waals surface area contributed by atoms with Gasteiger partial charge in [-0.25, -0.2) is 8.78 Å². The van der Waals surface area contributed by atoms with Gasteiger partial charge in [-0.05, 0) is 11.6 Å². The molecule has 0 aliphatic heterocycles. The van der Waals surface area contributed by atoms with Gasteiger partial charge in [0, 0.05) is 0 Å². The van der Waals surface area contributed by atoms with E-state index in [0.717, 1.165) is 13.2 Å². The molecule has 16 heavy (non-hydrogen) atoms. The summed E-state index contributed by atoms with van der Waals surface area (Å²) in [6.45, 7) is 0. The number of rotatable bonds is 3. The van der Waals surface area contributed by atoms with Crippen LogP contribution in [0.3, 0.4) is 0 Å². The average Bonchev–Trinajstić information content (AvgIpc) is 2.15. The third-order valence-electron chi connectivity index (χ3n) is 1.91. The Morgan fingerprint density at radius 3 is 2.75 bits per heavy atom. The molecular formula is C9H8ClF2NO3. The lowest BCUT2D eigenvalue weighted by molar-refractivity contribution is -0.139. The van der Waals surface area contributed by atoms with Gasteiger partial charge in [0.1, 0.15) is 5.15 Å². The largest absolute Gasteiger partial charge is 0.469 e. The number of aromatic nitrogens is 1. The first-order valence-corrected chi connectivity index (χ1v) is 4.60. The summed E-state index contributed by atoms with van der Waals surface area (Å²) in [5.74, 6) is -0.719. The Balaban J connectivity index is 3.24. The molecule has 1 heterocycles. The van der Waals surface area contributed by atoms with Crippen molar-refractivity contribution in [3.8, 4) is 0 Å². The number of hydrogen-bond donors (Lipinski definition) is 1. The van der Waals surface area contributed by atoms with Crippen molar-refractivity contribution in [2.75, 3.05) is 7.11 Å². The van der Waals surface area contributed by atoms with Gasteiger partial charge in [-0.15, -0.1) is 0 Å². The SMILES string of the molecule is COC(=O)Cc1cc(Cl)[nH]c(=O)c1C(F)F. The maximum atomic E-state index is 12.6. The van der Waals surface area contributed by atoms with Crippen molar-refractivity contribution in [1.82, 2.24) is 4.98 Å². The van der Waals surface area contributed by atoms with Crippen molar-refractivity contribution in [3.63, 3.8) is 0 Å². The first-order valence-electron chi connectivity index (χ1n) is 4.22. The molecule has 0 saturated heterocycles. The second-order valence-corrected chi connectivity index (χ2v) is 3.35. The highest BCUT2D eigenvalue weighted by atomic mass is 35.5. The van der Waals surface area contributed by atoms with Crippen LogP contribution >= 0.6 is 11.6 Å². The third-order valence-corrected chi connectivity index (χ3v) is 2.11. The second-order valence-electron chi connectivity index (χ2n) is 2.94. The predicted octanol–water partition coefficient (Wildman–Crippen LogP) is 1.68. The molecule has 0 saturated carbocycles. The number of methoxy groups -OCH3 is 1. The Kier molecular flexibility index (Phi) is 4.00. The topological polar surface area (TPSA) is 59.2 Å². The smallest absolute Gasteiger partial charge is 0.309 e. The van der Waals surface area contributed by atoms with Crippen molar-refractivity contribution in [3.05, 3.63) is 32.7 Å². The minimum Gasteiger partial charge on any atom is -0.469 e. The predicted molar refractivity (Wildman–Crippen MR) is 52.7 cm³/mol. The molecule has 0 unspecified atom stereocenters. The number of halogens is 3. The summed E-state index contributed by atoms with van der Waals surface area (Å²) < 4.78 is 29.4. The molecule has 1 aromatic heterocycles. The molecule has 0 amide bonds. The van der Waals surface area contributed by atoms with Crippen LogP contribution in [0.2, 0.25) is 5.15 Å². The molecule has 7 heteroatoms. The standard InChI is InChI=1S/C9H8ClF2NO3/c1-16-6(14)3-4-2-5(10)13-9(15)7(4)8(11)12/h2,8H,3H2,1H3,(H,13,15). The Hall–Kier alpha value is -1.43. The van der Waals surface area contributed by atoms with Crippen LogP contribution < -0.4 is 5.56 Å². The molecule has 0 bridgehead atoms. The summed E-state index contributed by atoms with van der Waals surface area (Å²) in [5.41, 5.74) is -1.88. The van der Waals surface area contributed by atoms with Crippen LogP contribution in [0.15, 0.2) is 10.9 Å². The zero-order valence-electron chi connectivity index (χ0n) is 8.22. The maximum Gasteiger partial charge on any atom is 0.309 e. The fourth-order valence-electron chi connectivity index (χ4n) is 1.20. The number of nitrogens with one attached hydrogen (secondary N) is 1. The lowest BCUT2D eigenvalue weighted by atomic mass is 10.1. The van der Waals surface area contributed by atoms with E-state index in [-0.39, 0.29) is 10.7 Å². The fourth-order valence-corrected chi connectivity index (χ4v) is 1.42. The van der Waals surface area contributed by atoms with Gasteiger partial charge < -0.3 is 9.72 Å². The van der Waals surface area contributed by atoms with E-state index in [1.165, 1.54) is 0 Å². The highest BCUT2D eigenvalue weighted by molar-refractivity contribution is 6.29. The van der Waals surface area contributed by atoms with E-state index in [9.17, 15) is 18.4 Å². The van der Waals surface area contributed by atoms with E-state index in [2.05, 4.69) is 4.74 Å². The van der Waals surface area contributed by atoms with E-state index in [0.29, 0.717) is 0 Å². The Morgan fingerprint density at radius 2 is 2.25 bits per heavy atom. The van der Waals surface area contributed by atoms with Crippen LogP contribution in [0.5, 0.6) is 0 Å². The van der Waals surface area contributed by atoms with E-state index < -0.39 is 29.9 Å². The van der Waals surface area contributed by atoms with Crippen LogP contribution in [-0.2, 0) is 16.0 Å². The number of alkyl halides is 2. The van der Waals surface area contributed by atoms with E-state index in [1.54, 1.807) is 0 Å². The van der Waals surface area contributed by atoms with Crippen molar-refractivity contribution >= 4 is 17.6 Å². The highest BCUT2D eigenvalue weighted by Crippen LogP contribution is 2.21. The van der Waals surface area contributed by atoms with E-state index in [4.69, 9.17) is 11.6 Å². The van der Waals surface area contributed by atoms with Crippen molar-refractivity contribution < 1.29 is 18.3 Å². The van der Waals surface area contributed by atoms with Crippen LogP contribution in [0, 0.1) is 0 Å². The summed E-state index contributed by atoms with van der Waals surface area (Å²) >= 11 is 5.50. The molecule has 1 N–H and O–H groups in total. The summed E-state index contributed by atoms with van der Waals surface area (Å²) in [7, 11) is 1.12. The number of H-pyrrole nitrogens is 1. The molecule has 1 rings (SSSR count). The number of ether oxygens (including phenoxy) is 1. The number of aromatic amines is 1. The molecule has 1 aromatic rings. The Morgan fingerprint density at radius 1 is 1.62 bits per heavy atom. The fraction of sp³-hybridized carbons (Fsp3) is 0.333. The van der Waals surface area contributed by atoms with Crippen molar-refractivity contribution in [1.29, 1.82) is 0 Å². The molecular weight excluding hydrogens is 244 g/mol. The summed E-state index contributed by atoms with van der Waals surface area (Å²) in [6, 6.07) is 1.11. The van der Waals surface area contributed by atoms with Gasteiger partial charge in [-0.1, -0.05) is 11.6 Å². The monoisotopic (exact) mass is 251 g/mol. The van der Waals surface area contributed by atoms with Crippen LogP contribution in [-0.4, -0.2) is 18.1 Å². The number of hydrogen-bond acceptors (Lipinski definition) is 3. The highest BCUT2D eigenvalue weighted by Gasteiger charge is 2.20. The van der Waals surface area contributed by atoms with Crippen LogP contribution in [0.25, 0.3) is 0 Å². The molecule has 0 aliphatic carbocycles. The van der Waals surface area contributed by atoms with Gasteiger partial charge in [-0.2, -0.15) is 0 Å². The molecule has 4 nitrogen and oxygen atoms in total. The maximum absolute atomic E-state index is 12.6. The number of carbonyl (C=O) groups excluding carboxylic acids is 1. The zero-order valence-corrected chi connectivity index (χ0v) is 8.98. The second kappa shape index (κ2) is 5.07.